The van der Waals surface area contributed by atoms with Crippen LogP contribution in [0, 0.1) is 6.92 Å². The van der Waals surface area contributed by atoms with Gasteiger partial charge in [-0.3, -0.25) is 4.79 Å². The molecule has 1 aromatic rings. The molecule has 5 heteroatoms. The Morgan fingerprint density at radius 3 is 2.76 bits per heavy atom. The van der Waals surface area contributed by atoms with Crippen LogP contribution in [0.15, 0.2) is 36.1 Å². The molecule has 1 aliphatic rings. The molecule has 1 atom stereocenters. The van der Waals surface area contributed by atoms with Gasteiger partial charge in [0.15, 0.2) is 0 Å². The van der Waals surface area contributed by atoms with Crippen LogP contribution >= 0.6 is 0 Å². The Balaban J connectivity index is 2.09. The van der Waals surface area contributed by atoms with Crippen molar-refractivity contribution in [3.63, 3.8) is 0 Å². The maximum Gasteiger partial charge on any atom is 0.326 e. The van der Waals surface area contributed by atoms with E-state index in [1.54, 1.807) is 0 Å². The van der Waals surface area contributed by atoms with Gasteiger partial charge in [0.25, 0.3) is 5.91 Å². The molecule has 21 heavy (non-hydrogen) atoms. The van der Waals surface area contributed by atoms with E-state index in [2.05, 4.69) is 0 Å². The summed E-state index contributed by atoms with van der Waals surface area (Å²) in [6, 6.07) is 6.71. The van der Waals surface area contributed by atoms with Crippen LogP contribution in [0.2, 0.25) is 0 Å². The molecule has 112 valence electrons. The number of nitrogens with zero attached hydrogens (tertiary/aromatic N) is 1. The second kappa shape index (κ2) is 6.43. The number of ether oxygens (including phenoxy) is 1. The summed E-state index contributed by atoms with van der Waals surface area (Å²) < 4.78 is 5.72. The van der Waals surface area contributed by atoms with E-state index in [0.717, 1.165) is 5.56 Å². The number of aryl methyl sites for hydroxylation is 1. The first-order valence-electron chi connectivity index (χ1n) is 7.00. The molecular formula is C16H19NO4. The largest absolute Gasteiger partial charge is 0.480 e. The van der Waals surface area contributed by atoms with Crippen LogP contribution < -0.4 is 4.74 Å². The Hall–Kier alpha value is -2.30. The van der Waals surface area contributed by atoms with E-state index in [1.807, 2.05) is 38.1 Å². The highest BCUT2D eigenvalue weighted by Crippen LogP contribution is 2.23. The van der Waals surface area contributed by atoms with Gasteiger partial charge in [-0.25, -0.2) is 4.79 Å². The third kappa shape index (κ3) is 3.42. The summed E-state index contributed by atoms with van der Waals surface area (Å²) in [5.74, 6) is -0.118. The average Bonchev–Trinajstić information content (AvgIpc) is 2.79. The number of rotatable bonds is 6. The monoisotopic (exact) mass is 289 g/mol. The van der Waals surface area contributed by atoms with E-state index >= 15 is 0 Å². The first kappa shape index (κ1) is 15.1. The molecule has 1 amide bonds. The number of carboxylic acid groups (broad SMARTS) is 1. The highest BCUT2D eigenvalue weighted by Gasteiger charge is 2.33. The summed E-state index contributed by atoms with van der Waals surface area (Å²) in [6.45, 7) is 4.01. The Morgan fingerprint density at radius 1 is 1.43 bits per heavy atom. The molecule has 5 nitrogen and oxygen atoms in total. The average molecular weight is 289 g/mol. The van der Waals surface area contributed by atoms with Gasteiger partial charge in [0.1, 0.15) is 17.6 Å². The minimum atomic E-state index is -0.976. The second-order valence-electron chi connectivity index (χ2n) is 5.09. The van der Waals surface area contributed by atoms with Gasteiger partial charge in [0.05, 0.1) is 6.54 Å². The van der Waals surface area contributed by atoms with Crippen LogP contribution in [0.1, 0.15) is 25.3 Å². The third-order valence-electron chi connectivity index (χ3n) is 3.45. The highest BCUT2D eigenvalue weighted by molar-refractivity contribution is 5.94. The number of benzene rings is 1. The van der Waals surface area contributed by atoms with Crippen LogP contribution in [0.5, 0.6) is 5.75 Å². The Bertz CT molecular complexity index is 579. The van der Waals surface area contributed by atoms with Crippen LogP contribution in [0.25, 0.3) is 0 Å². The summed E-state index contributed by atoms with van der Waals surface area (Å²) in [4.78, 5) is 24.6. The zero-order valence-corrected chi connectivity index (χ0v) is 12.2. The van der Waals surface area contributed by atoms with Crippen LogP contribution in [0.3, 0.4) is 0 Å². The molecule has 0 aliphatic carbocycles. The number of carboxylic acids is 1. The van der Waals surface area contributed by atoms with Crippen molar-refractivity contribution < 1.29 is 19.4 Å². The van der Waals surface area contributed by atoms with Crippen LogP contribution in [-0.2, 0) is 9.59 Å². The van der Waals surface area contributed by atoms with Gasteiger partial charge in [-0.15, -0.1) is 0 Å². The van der Waals surface area contributed by atoms with Crippen molar-refractivity contribution in [2.24, 2.45) is 0 Å². The van der Waals surface area contributed by atoms with Crippen molar-refractivity contribution in [2.75, 3.05) is 6.54 Å². The molecule has 1 aromatic carbocycles. The smallest absolute Gasteiger partial charge is 0.326 e. The molecular weight excluding hydrogens is 270 g/mol. The maximum atomic E-state index is 12.0. The SMILES string of the molecule is CCCC(C(=O)O)N1CC(Oc2ccccc2C)=CC1=O. The molecule has 0 bridgehead atoms. The first-order chi connectivity index (χ1) is 10.0. The summed E-state index contributed by atoms with van der Waals surface area (Å²) in [5.41, 5.74) is 0.965. The van der Waals surface area contributed by atoms with Crippen molar-refractivity contribution in [3.05, 3.63) is 41.7 Å². The van der Waals surface area contributed by atoms with Crippen LogP contribution in [0.4, 0.5) is 0 Å². The molecule has 1 aliphatic heterocycles. The van der Waals surface area contributed by atoms with E-state index in [4.69, 9.17) is 4.74 Å². The summed E-state index contributed by atoms with van der Waals surface area (Å²) in [5, 5.41) is 9.24. The fourth-order valence-corrected chi connectivity index (χ4v) is 2.34. The molecule has 0 spiro atoms. The zero-order chi connectivity index (χ0) is 15.4. The van der Waals surface area contributed by atoms with Gasteiger partial charge in [-0.05, 0) is 25.0 Å². The first-order valence-corrected chi connectivity index (χ1v) is 7.00. The molecule has 0 saturated carbocycles. The summed E-state index contributed by atoms with van der Waals surface area (Å²) in [6.07, 6.45) is 2.51. The Kier molecular flexibility index (Phi) is 4.62. The Labute approximate surface area is 123 Å². The maximum absolute atomic E-state index is 12.0. The lowest BCUT2D eigenvalue weighted by atomic mass is 10.1. The highest BCUT2D eigenvalue weighted by atomic mass is 16.5. The summed E-state index contributed by atoms with van der Waals surface area (Å²) >= 11 is 0. The molecule has 1 heterocycles. The lowest BCUT2D eigenvalue weighted by molar-refractivity contribution is -0.147. The molecule has 0 aromatic heterocycles. The Morgan fingerprint density at radius 2 is 2.14 bits per heavy atom. The zero-order valence-electron chi connectivity index (χ0n) is 12.2. The number of aliphatic carboxylic acids is 1. The summed E-state index contributed by atoms with van der Waals surface area (Å²) in [7, 11) is 0. The third-order valence-corrected chi connectivity index (χ3v) is 3.45. The van der Waals surface area contributed by atoms with Gasteiger partial charge in [0, 0.05) is 6.08 Å². The number of para-hydroxylation sites is 1. The van der Waals surface area contributed by atoms with E-state index in [-0.39, 0.29) is 12.5 Å². The second-order valence-corrected chi connectivity index (χ2v) is 5.09. The van der Waals surface area contributed by atoms with Crippen molar-refractivity contribution in [1.29, 1.82) is 0 Å². The van der Waals surface area contributed by atoms with E-state index < -0.39 is 12.0 Å². The van der Waals surface area contributed by atoms with Crippen molar-refractivity contribution in [1.82, 2.24) is 4.90 Å². The van der Waals surface area contributed by atoms with Gasteiger partial charge < -0.3 is 14.7 Å². The van der Waals surface area contributed by atoms with Gasteiger partial charge >= 0.3 is 5.97 Å². The molecule has 1 unspecified atom stereocenters. The molecule has 0 radical (unpaired) electrons. The predicted octanol–water partition coefficient (Wildman–Crippen LogP) is 2.35. The number of carbonyl (C=O) groups excluding carboxylic acids is 1. The fraction of sp³-hybridized carbons (Fsp3) is 0.375. The van der Waals surface area contributed by atoms with E-state index in [9.17, 15) is 14.7 Å². The number of hydrogen-bond acceptors (Lipinski definition) is 3. The minimum Gasteiger partial charge on any atom is -0.480 e. The van der Waals surface area contributed by atoms with E-state index in [0.29, 0.717) is 24.4 Å². The molecule has 1 N–H and O–H groups in total. The van der Waals surface area contributed by atoms with Gasteiger partial charge in [0.2, 0.25) is 0 Å². The molecule has 2 rings (SSSR count). The minimum absolute atomic E-state index is 0.199. The fourth-order valence-electron chi connectivity index (χ4n) is 2.34. The number of hydrogen-bond donors (Lipinski definition) is 1. The topological polar surface area (TPSA) is 66.8 Å². The van der Waals surface area contributed by atoms with Crippen molar-refractivity contribution in [3.8, 4) is 5.75 Å². The van der Waals surface area contributed by atoms with E-state index in [1.165, 1.54) is 11.0 Å². The normalized spacial score (nSPS) is 15.8. The van der Waals surface area contributed by atoms with Gasteiger partial charge in [-0.1, -0.05) is 31.5 Å². The molecule has 0 saturated heterocycles. The number of amides is 1. The quantitative estimate of drug-likeness (QED) is 0.873. The number of carbonyl (C=O) groups is 2. The lowest BCUT2D eigenvalue weighted by Crippen LogP contribution is -2.42. The van der Waals surface area contributed by atoms with Gasteiger partial charge in [-0.2, -0.15) is 0 Å². The van der Waals surface area contributed by atoms with Crippen LogP contribution in [-0.4, -0.2) is 34.5 Å². The molecule has 0 fully saturated rings. The standard InChI is InChI=1S/C16H19NO4/c1-3-6-13(16(19)20)17-10-12(9-15(17)18)21-14-8-5-4-7-11(14)2/h4-5,7-9,13H,3,6,10H2,1-2H3,(H,19,20). The lowest BCUT2D eigenvalue weighted by Gasteiger charge is -2.24. The van der Waals surface area contributed by atoms with Crippen molar-refractivity contribution >= 4 is 11.9 Å². The van der Waals surface area contributed by atoms with Crippen molar-refractivity contribution in [2.45, 2.75) is 32.7 Å². The predicted molar refractivity (Wildman–Crippen MR) is 77.9 cm³/mol.